The number of benzene rings is 1. The number of hydrogen-bond donors (Lipinski definition) is 2. The zero-order valence-corrected chi connectivity index (χ0v) is 9.77. The lowest BCUT2D eigenvalue weighted by Gasteiger charge is -2.17. The Hall–Kier alpha value is -1.06. The van der Waals surface area contributed by atoms with Crippen molar-refractivity contribution in [1.29, 1.82) is 0 Å². The van der Waals surface area contributed by atoms with Crippen LogP contribution in [0, 0.1) is 0 Å². The fraction of sp³-hybridized carbons (Fsp3) is 0.500. The van der Waals surface area contributed by atoms with Crippen LogP contribution in [0.3, 0.4) is 0 Å². The Labute approximate surface area is 92.1 Å². The maximum Gasteiger partial charge on any atom is 0.0361 e. The molecule has 1 aromatic rings. The van der Waals surface area contributed by atoms with Crippen molar-refractivity contribution in [1.82, 2.24) is 0 Å². The Morgan fingerprint density at radius 3 is 2.07 bits per heavy atom. The summed E-state index contributed by atoms with van der Waals surface area (Å²) in [5.41, 5.74) is 14.1. The minimum atomic E-state index is 0.0372. The van der Waals surface area contributed by atoms with E-state index in [0.29, 0.717) is 0 Å². The van der Waals surface area contributed by atoms with Crippen LogP contribution in [0.4, 0.5) is 5.69 Å². The van der Waals surface area contributed by atoms with Crippen LogP contribution in [0.5, 0.6) is 0 Å². The minimum Gasteiger partial charge on any atom is -0.378 e. The van der Waals surface area contributed by atoms with E-state index in [1.807, 2.05) is 21.0 Å². The molecule has 2 atom stereocenters. The van der Waals surface area contributed by atoms with Crippen LogP contribution < -0.4 is 16.4 Å². The summed E-state index contributed by atoms with van der Waals surface area (Å²) in [5, 5.41) is 0. The van der Waals surface area contributed by atoms with Gasteiger partial charge in [-0.3, -0.25) is 0 Å². The lowest BCUT2D eigenvalue weighted by molar-refractivity contribution is 0.557. The predicted octanol–water partition coefficient (Wildman–Crippen LogP) is 0.970. The van der Waals surface area contributed by atoms with Gasteiger partial charge in [0, 0.05) is 31.9 Å². The second kappa shape index (κ2) is 5.14. The summed E-state index contributed by atoms with van der Waals surface area (Å²) in [6.07, 6.45) is 0.839. The molecule has 0 amide bonds. The Morgan fingerprint density at radius 1 is 1.13 bits per heavy atom. The number of hydrogen-bond acceptors (Lipinski definition) is 3. The lowest BCUT2D eigenvalue weighted by Crippen LogP contribution is -2.40. The van der Waals surface area contributed by atoms with E-state index in [2.05, 4.69) is 29.2 Å². The normalized spacial score (nSPS) is 14.7. The molecule has 0 bridgehead atoms. The van der Waals surface area contributed by atoms with Gasteiger partial charge in [-0.15, -0.1) is 0 Å². The topological polar surface area (TPSA) is 55.3 Å². The smallest absolute Gasteiger partial charge is 0.0361 e. The van der Waals surface area contributed by atoms with E-state index in [9.17, 15) is 0 Å². The van der Waals surface area contributed by atoms with Crippen LogP contribution in [0.2, 0.25) is 0 Å². The van der Waals surface area contributed by atoms with Crippen molar-refractivity contribution < 1.29 is 0 Å². The van der Waals surface area contributed by atoms with Crippen LogP contribution in [-0.2, 0) is 6.42 Å². The van der Waals surface area contributed by atoms with E-state index < -0.39 is 0 Å². The highest BCUT2D eigenvalue weighted by atomic mass is 15.1. The van der Waals surface area contributed by atoms with Gasteiger partial charge in [-0.2, -0.15) is 0 Å². The molecule has 2 unspecified atom stereocenters. The molecule has 0 spiro atoms. The molecule has 84 valence electrons. The second-order valence-electron chi connectivity index (χ2n) is 4.29. The highest BCUT2D eigenvalue weighted by Gasteiger charge is 2.08. The maximum atomic E-state index is 5.91. The SMILES string of the molecule is CC(N)C(N)Cc1ccc(N(C)C)cc1. The van der Waals surface area contributed by atoms with Gasteiger partial charge in [-0.1, -0.05) is 12.1 Å². The second-order valence-corrected chi connectivity index (χ2v) is 4.29. The third kappa shape index (κ3) is 3.53. The Balaban J connectivity index is 2.64. The quantitative estimate of drug-likeness (QED) is 0.773. The van der Waals surface area contributed by atoms with Crippen LogP contribution in [0.15, 0.2) is 24.3 Å². The Bertz CT molecular complexity index is 290. The standard InChI is InChI=1S/C12H21N3/c1-9(13)12(14)8-10-4-6-11(7-5-10)15(2)3/h4-7,9,12H,8,13-14H2,1-3H3. The fourth-order valence-electron chi connectivity index (χ4n) is 1.39. The first-order valence-electron chi connectivity index (χ1n) is 5.28. The number of nitrogens with zero attached hydrogens (tertiary/aromatic N) is 1. The molecular formula is C12H21N3. The summed E-state index contributed by atoms with van der Waals surface area (Å²) >= 11 is 0. The first kappa shape index (κ1) is 12.0. The van der Waals surface area contributed by atoms with E-state index in [4.69, 9.17) is 11.5 Å². The van der Waals surface area contributed by atoms with Crippen molar-refractivity contribution in [2.75, 3.05) is 19.0 Å². The van der Waals surface area contributed by atoms with Crippen molar-refractivity contribution in [3.05, 3.63) is 29.8 Å². The molecule has 4 N–H and O–H groups in total. The first-order valence-corrected chi connectivity index (χ1v) is 5.28. The molecule has 0 radical (unpaired) electrons. The third-order valence-corrected chi connectivity index (χ3v) is 2.60. The molecule has 0 saturated carbocycles. The first-order chi connectivity index (χ1) is 7.00. The average Bonchev–Trinajstić information content (AvgIpc) is 2.18. The van der Waals surface area contributed by atoms with Crippen molar-refractivity contribution in [2.45, 2.75) is 25.4 Å². The van der Waals surface area contributed by atoms with Gasteiger partial charge in [-0.25, -0.2) is 0 Å². The molecule has 3 heteroatoms. The molecule has 1 rings (SSSR count). The molecule has 0 aliphatic carbocycles. The fourth-order valence-corrected chi connectivity index (χ4v) is 1.39. The summed E-state index contributed by atoms with van der Waals surface area (Å²) in [4.78, 5) is 2.08. The van der Waals surface area contributed by atoms with Gasteiger partial charge in [0.2, 0.25) is 0 Å². The monoisotopic (exact) mass is 207 g/mol. The Morgan fingerprint density at radius 2 is 1.67 bits per heavy atom. The van der Waals surface area contributed by atoms with Crippen molar-refractivity contribution in [2.24, 2.45) is 11.5 Å². The Kier molecular flexibility index (Phi) is 4.12. The molecule has 0 saturated heterocycles. The van der Waals surface area contributed by atoms with Crippen LogP contribution in [-0.4, -0.2) is 26.2 Å². The van der Waals surface area contributed by atoms with Crippen LogP contribution >= 0.6 is 0 Å². The van der Waals surface area contributed by atoms with Crippen molar-refractivity contribution in [3.63, 3.8) is 0 Å². The van der Waals surface area contributed by atoms with Crippen molar-refractivity contribution in [3.8, 4) is 0 Å². The van der Waals surface area contributed by atoms with Crippen LogP contribution in [0.1, 0.15) is 12.5 Å². The van der Waals surface area contributed by atoms with Gasteiger partial charge in [0.05, 0.1) is 0 Å². The highest BCUT2D eigenvalue weighted by Crippen LogP contribution is 2.13. The summed E-state index contributed by atoms with van der Waals surface area (Å²) in [6, 6.07) is 8.50. The van der Waals surface area contributed by atoms with E-state index in [1.165, 1.54) is 11.3 Å². The van der Waals surface area contributed by atoms with Gasteiger partial charge in [0.1, 0.15) is 0 Å². The average molecular weight is 207 g/mol. The molecule has 0 aliphatic heterocycles. The zero-order valence-electron chi connectivity index (χ0n) is 9.77. The van der Waals surface area contributed by atoms with E-state index >= 15 is 0 Å². The molecule has 1 aromatic carbocycles. The summed E-state index contributed by atoms with van der Waals surface area (Å²) in [6.45, 7) is 1.94. The van der Waals surface area contributed by atoms with Gasteiger partial charge in [0.15, 0.2) is 0 Å². The van der Waals surface area contributed by atoms with Gasteiger partial charge in [-0.05, 0) is 31.0 Å². The van der Waals surface area contributed by atoms with Crippen LogP contribution in [0.25, 0.3) is 0 Å². The van der Waals surface area contributed by atoms with E-state index in [1.54, 1.807) is 0 Å². The molecule has 3 nitrogen and oxygen atoms in total. The predicted molar refractivity (Wildman–Crippen MR) is 66.1 cm³/mol. The lowest BCUT2D eigenvalue weighted by atomic mass is 10.0. The highest BCUT2D eigenvalue weighted by molar-refractivity contribution is 5.46. The van der Waals surface area contributed by atoms with Crippen molar-refractivity contribution >= 4 is 5.69 Å². The number of rotatable bonds is 4. The summed E-state index contributed by atoms with van der Waals surface area (Å²) < 4.78 is 0. The van der Waals surface area contributed by atoms with Gasteiger partial charge >= 0.3 is 0 Å². The molecule has 15 heavy (non-hydrogen) atoms. The largest absolute Gasteiger partial charge is 0.378 e. The van der Waals surface area contributed by atoms with E-state index in [0.717, 1.165) is 6.42 Å². The molecular weight excluding hydrogens is 186 g/mol. The minimum absolute atomic E-state index is 0.0372. The van der Waals surface area contributed by atoms with Gasteiger partial charge in [0.25, 0.3) is 0 Å². The molecule has 0 aliphatic rings. The summed E-state index contributed by atoms with van der Waals surface area (Å²) in [7, 11) is 4.06. The maximum absolute atomic E-state index is 5.91. The number of anilines is 1. The third-order valence-electron chi connectivity index (χ3n) is 2.60. The molecule has 0 heterocycles. The molecule has 0 aromatic heterocycles. The van der Waals surface area contributed by atoms with Gasteiger partial charge < -0.3 is 16.4 Å². The van der Waals surface area contributed by atoms with E-state index in [-0.39, 0.29) is 12.1 Å². The zero-order chi connectivity index (χ0) is 11.4. The summed E-state index contributed by atoms with van der Waals surface area (Å²) in [5.74, 6) is 0. The number of nitrogens with two attached hydrogens (primary N) is 2. The molecule has 0 fully saturated rings.